The molecule has 1 heterocycles. The Bertz CT molecular complexity index is 729. The van der Waals surface area contributed by atoms with Crippen molar-refractivity contribution in [2.75, 3.05) is 18.4 Å². The first-order valence-electron chi connectivity index (χ1n) is 8.00. The van der Waals surface area contributed by atoms with Gasteiger partial charge < -0.3 is 25.4 Å². The first kappa shape index (κ1) is 16.8. The fourth-order valence-corrected chi connectivity index (χ4v) is 2.60. The lowest BCUT2D eigenvalue weighted by Gasteiger charge is -2.12. The summed E-state index contributed by atoms with van der Waals surface area (Å²) >= 11 is 0. The molecule has 0 bridgehead atoms. The van der Waals surface area contributed by atoms with Crippen LogP contribution in [0.4, 0.5) is 10.5 Å². The van der Waals surface area contributed by atoms with E-state index in [0.717, 1.165) is 18.9 Å². The lowest BCUT2D eigenvalue weighted by Crippen LogP contribution is -2.35. The zero-order valence-corrected chi connectivity index (χ0v) is 13.5. The van der Waals surface area contributed by atoms with Gasteiger partial charge in [0.25, 0.3) is 5.91 Å². The fourth-order valence-electron chi connectivity index (χ4n) is 2.60. The third-order valence-electron chi connectivity index (χ3n) is 4.08. The largest absolute Gasteiger partial charge is 0.506 e. The second kappa shape index (κ2) is 6.84. The zero-order chi connectivity index (χ0) is 18.0. The van der Waals surface area contributed by atoms with E-state index in [-0.39, 0.29) is 41.8 Å². The number of ether oxygens (including phenoxy) is 1. The SMILES string of the molecule is C=CC(=O)Nc1cc(C(=O)NCC2CN(C3CC3)C(=O)O2)ccc1O. The van der Waals surface area contributed by atoms with Crippen LogP contribution in [0.25, 0.3) is 0 Å². The van der Waals surface area contributed by atoms with E-state index in [9.17, 15) is 19.5 Å². The van der Waals surface area contributed by atoms with Crippen LogP contribution >= 0.6 is 0 Å². The van der Waals surface area contributed by atoms with E-state index in [2.05, 4.69) is 17.2 Å². The summed E-state index contributed by atoms with van der Waals surface area (Å²) in [6.45, 7) is 4.00. The summed E-state index contributed by atoms with van der Waals surface area (Å²) in [5.74, 6) is -1.04. The molecule has 25 heavy (non-hydrogen) atoms. The summed E-state index contributed by atoms with van der Waals surface area (Å²) < 4.78 is 5.24. The summed E-state index contributed by atoms with van der Waals surface area (Å²) in [5.41, 5.74) is 0.380. The number of phenols is 1. The summed E-state index contributed by atoms with van der Waals surface area (Å²) in [5, 5.41) is 14.9. The number of hydrogen-bond donors (Lipinski definition) is 3. The number of amides is 3. The average molecular weight is 345 g/mol. The molecule has 1 unspecified atom stereocenters. The Morgan fingerprint density at radius 3 is 2.84 bits per heavy atom. The van der Waals surface area contributed by atoms with E-state index in [1.807, 2.05) is 0 Å². The molecule has 2 aliphatic rings. The molecule has 1 aliphatic heterocycles. The highest BCUT2D eigenvalue weighted by molar-refractivity contribution is 6.02. The maximum absolute atomic E-state index is 12.2. The Morgan fingerprint density at radius 2 is 2.16 bits per heavy atom. The maximum Gasteiger partial charge on any atom is 0.410 e. The Kier molecular flexibility index (Phi) is 4.60. The molecule has 8 heteroatoms. The van der Waals surface area contributed by atoms with Crippen molar-refractivity contribution in [3.05, 3.63) is 36.4 Å². The Hall–Kier alpha value is -3.03. The number of nitrogens with zero attached hydrogens (tertiary/aromatic N) is 1. The molecule has 3 rings (SSSR count). The molecule has 0 radical (unpaired) electrons. The van der Waals surface area contributed by atoms with Crippen molar-refractivity contribution in [3.8, 4) is 5.75 Å². The lowest BCUT2D eigenvalue weighted by atomic mass is 10.1. The quantitative estimate of drug-likeness (QED) is 0.531. The topological polar surface area (TPSA) is 108 Å². The predicted octanol–water partition coefficient (Wildman–Crippen LogP) is 1.23. The van der Waals surface area contributed by atoms with Gasteiger partial charge in [-0.05, 0) is 37.1 Å². The first-order valence-corrected chi connectivity index (χ1v) is 8.00. The van der Waals surface area contributed by atoms with Crippen LogP contribution in [0.15, 0.2) is 30.9 Å². The molecular formula is C17H19N3O5. The van der Waals surface area contributed by atoms with Crippen molar-refractivity contribution in [3.63, 3.8) is 0 Å². The van der Waals surface area contributed by atoms with E-state index in [1.165, 1.54) is 18.2 Å². The number of rotatable bonds is 6. The van der Waals surface area contributed by atoms with E-state index in [4.69, 9.17) is 4.74 Å². The predicted molar refractivity (Wildman–Crippen MR) is 89.3 cm³/mol. The highest BCUT2D eigenvalue weighted by Gasteiger charge is 2.40. The first-order chi connectivity index (χ1) is 12.0. The van der Waals surface area contributed by atoms with E-state index >= 15 is 0 Å². The second-order valence-electron chi connectivity index (χ2n) is 6.02. The molecule has 1 saturated heterocycles. The van der Waals surface area contributed by atoms with Crippen LogP contribution < -0.4 is 10.6 Å². The van der Waals surface area contributed by atoms with Gasteiger partial charge in [-0.3, -0.25) is 9.59 Å². The molecule has 1 saturated carbocycles. The number of nitrogens with one attached hydrogen (secondary N) is 2. The van der Waals surface area contributed by atoms with Crippen LogP contribution in [-0.4, -0.2) is 53.1 Å². The molecule has 1 aromatic rings. The van der Waals surface area contributed by atoms with Gasteiger partial charge in [-0.2, -0.15) is 0 Å². The van der Waals surface area contributed by atoms with Crippen molar-refractivity contribution in [2.45, 2.75) is 25.0 Å². The van der Waals surface area contributed by atoms with Crippen LogP contribution in [0.5, 0.6) is 5.75 Å². The minimum Gasteiger partial charge on any atom is -0.506 e. The number of carbonyl (C=O) groups excluding carboxylic acids is 3. The van der Waals surface area contributed by atoms with Crippen molar-refractivity contribution in [1.29, 1.82) is 0 Å². The van der Waals surface area contributed by atoms with E-state index in [1.54, 1.807) is 4.90 Å². The average Bonchev–Trinajstić information content (AvgIpc) is 3.37. The van der Waals surface area contributed by atoms with Gasteiger partial charge in [0.1, 0.15) is 11.9 Å². The molecule has 1 atom stereocenters. The molecule has 1 aliphatic carbocycles. The molecule has 0 aromatic heterocycles. The maximum atomic E-state index is 12.2. The summed E-state index contributed by atoms with van der Waals surface area (Å²) in [4.78, 5) is 37.0. The number of carbonyl (C=O) groups is 3. The van der Waals surface area contributed by atoms with Gasteiger partial charge in [0.05, 0.1) is 18.8 Å². The lowest BCUT2D eigenvalue weighted by molar-refractivity contribution is -0.111. The Labute approximate surface area is 144 Å². The number of cyclic esters (lactones) is 1. The molecule has 8 nitrogen and oxygen atoms in total. The molecule has 132 valence electrons. The van der Waals surface area contributed by atoms with E-state index in [0.29, 0.717) is 6.54 Å². The standard InChI is InChI=1S/C17H19N3O5/c1-2-15(22)19-13-7-10(3-6-14(13)21)16(23)18-8-12-9-20(11-4-5-11)17(24)25-12/h2-3,6-7,11-12,21H,1,4-5,8-9H2,(H,18,23)(H,19,22). The molecule has 0 spiro atoms. The van der Waals surface area contributed by atoms with Gasteiger partial charge in [-0.15, -0.1) is 0 Å². The number of hydrogen-bond acceptors (Lipinski definition) is 5. The number of aromatic hydroxyl groups is 1. The van der Waals surface area contributed by atoms with Crippen molar-refractivity contribution < 1.29 is 24.2 Å². The van der Waals surface area contributed by atoms with Crippen LogP contribution in [0, 0.1) is 0 Å². The van der Waals surface area contributed by atoms with Gasteiger partial charge in [0.2, 0.25) is 5.91 Å². The van der Waals surface area contributed by atoms with Gasteiger partial charge >= 0.3 is 6.09 Å². The monoisotopic (exact) mass is 345 g/mol. The van der Waals surface area contributed by atoms with Crippen LogP contribution in [0.1, 0.15) is 23.2 Å². The van der Waals surface area contributed by atoms with Crippen molar-refractivity contribution >= 4 is 23.6 Å². The van der Waals surface area contributed by atoms with Crippen molar-refractivity contribution in [2.24, 2.45) is 0 Å². The second-order valence-corrected chi connectivity index (χ2v) is 6.02. The smallest absolute Gasteiger partial charge is 0.410 e. The third kappa shape index (κ3) is 3.90. The van der Waals surface area contributed by atoms with Gasteiger partial charge in [-0.1, -0.05) is 6.58 Å². The van der Waals surface area contributed by atoms with Crippen LogP contribution in [0.3, 0.4) is 0 Å². The van der Waals surface area contributed by atoms with Gasteiger partial charge in [0, 0.05) is 11.6 Å². The third-order valence-corrected chi connectivity index (χ3v) is 4.08. The number of phenolic OH excluding ortho intramolecular Hbond substituents is 1. The normalized spacial score (nSPS) is 19.3. The van der Waals surface area contributed by atoms with Crippen LogP contribution in [-0.2, 0) is 9.53 Å². The molecule has 3 N–H and O–H groups in total. The molecule has 1 aromatic carbocycles. The number of anilines is 1. The summed E-state index contributed by atoms with van der Waals surface area (Å²) in [6, 6.07) is 4.40. The highest BCUT2D eigenvalue weighted by Crippen LogP contribution is 2.30. The molecular weight excluding hydrogens is 326 g/mol. The van der Waals surface area contributed by atoms with Gasteiger partial charge in [-0.25, -0.2) is 4.79 Å². The minimum absolute atomic E-state index is 0.116. The molecule has 2 fully saturated rings. The summed E-state index contributed by atoms with van der Waals surface area (Å²) in [7, 11) is 0. The Morgan fingerprint density at radius 1 is 1.40 bits per heavy atom. The fraction of sp³-hybridized carbons (Fsp3) is 0.353. The molecule has 3 amide bonds. The number of benzene rings is 1. The Balaban J connectivity index is 1.58. The zero-order valence-electron chi connectivity index (χ0n) is 13.5. The minimum atomic E-state index is -0.495. The van der Waals surface area contributed by atoms with Gasteiger partial charge in [0.15, 0.2) is 0 Å². The summed E-state index contributed by atoms with van der Waals surface area (Å²) in [6.07, 6.45) is 2.35. The van der Waals surface area contributed by atoms with E-state index < -0.39 is 11.8 Å². The van der Waals surface area contributed by atoms with Crippen molar-refractivity contribution in [1.82, 2.24) is 10.2 Å². The van der Waals surface area contributed by atoms with Crippen LogP contribution in [0.2, 0.25) is 0 Å². The highest BCUT2D eigenvalue weighted by atomic mass is 16.6.